The number of nitrogens with zero attached hydrogens (tertiary/aromatic N) is 5. The molecule has 0 amide bonds. The first kappa shape index (κ1) is 25.4. The van der Waals surface area contributed by atoms with Crippen LogP contribution in [0.4, 0.5) is 0 Å². The molecule has 3 aliphatic rings. The minimum atomic E-state index is -0.781. The molecule has 2 unspecified atom stereocenters. The lowest BCUT2D eigenvalue weighted by Gasteiger charge is -2.52. The Hall–Kier alpha value is -3.24. The molecule has 2 atom stereocenters. The van der Waals surface area contributed by atoms with Crippen LogP contribution in [0.3, 0.4) is 0 Å². The van der Waals surface area contributed by atoms with Crippen LogP contribution in [0.25, 0.3) is 0 Å². The van der Waals surface area contributed by atoms with Crippen LogP contribution in [-0.2, 0) is 12.0 Å². The Labute approximate surface area is 220 Å². The number of hydrogen-bond donors (Lipinski definition) is 1. The summed E-state index contributed by atoms with van der Waals surface area (Å²) in [7, 11) is 1.68. The number of hydrazone groups is 1. The molecule has 7 nitrogen and oxygen atoms in total. The third kappa shape index (κ3) is 4.53. The van der Waals surface area contributed by atoms with Crippen molar-refractivity contribution in [2.75, 3.05) is 26.7 Å². The van der Waals surface area contributed by atoms with E-state index in [1.807, 2.05) is 12.1 Å². The summed E-state index contributed by atoms with van der Waals surface area (Å²) in [5.41, 5.74) is 2.74. The number of rotatable bonds is 7. The fraction of sp³-hybridized carbons (Fsp3) is 0.533. The van der Waals surface area contributed by atoms with E-state index in [0.29, 0.717) is 12.5 Å². The van der Waals surface area contributed by atoms with Crippen LogP contribution in [0.1, 0.15) is 57.1 Å². The summed E-state index contributed by atoms with van der Waals surface area (Å²) in [6.07, 6.45) is 4.71. The van der Waals surface area contributed by atoms with E-state index in [9.17, 15) is 10.4 Å². The Balaban J connectivity index is 1.45. The van der Waals surface area contributed by atoms with Gasteiger partial charge in [0.05, 0.1) is 25.3 Å². The highest BCUT2D eigenvalue weighted by molar-refractivity contribution is 5.84. The van der Waals surface area contributed by atoms with Gasteiger partial charge in [-0.1, -0.05) is 62.7 Å². The zero-order valence-electron chi connectivity index (χ0n) is 22.3. The molecular formula is C30H39N5O2. The summed E-state index contributed by atoms with van der Waals surface area (Å²) in [6, 6.07) is 21.4. The Morgan fingerprint density at radius 1 is 1.11 bits per heavy atom. The predicted molar refractivity (Wildman–Crippen MR) is 145 cm³/mol. The van der Waals surface area contributed by atoms with E-state index in [-0.39, 0.29) is 17.5 Å². The zero-order chi connectivity index (χ0) is 26.0. The summed E-state index contributed by atoms with van der Waals surface area (Å²) in [6.45, 7) is 6.87. The SMILES string of the molecule is CCC(C)[C@]1(c2ccccc2)CC[C@]2(CC1)CN(Cc1ccc(OC)cc1)C1=NN(CC#N)C(O)CN12. The van der Waals surface area contributed by atoms with Crippen molar-refractivity contribution in [3.63, 3.8) is 0 Å². The molecule has 0 bridgehead atoms. The molecule has 1 spiro atoms. The van der Waals surface area contributed by atoms with Crippen LogP contribution in [0, 0.1) is 17.2 Å². The summed E-state index contributed by atoms with van der Waals surface area (Å²) in [5.74, 6) is 2.32. The quantitative estimate of drug-likeness (QED) is 0.562. The Kier molecular flexibility index (Phi) is 7.04. The molecule has 1 saturated heterocycles. The van der Waals surface area contributed by atoms with Gasteiger partial charge < -0.3 is 19.6 Å². The monoisotopic (exact) mass is 501 g/mol. The van der Waals surface area contributed by atoms with Gasteiger partial charge in [0.1, 0.15) is 12.3 Å². The second-order valence-corrected chi connectivity index (χ2v) is 11.0. The second-order valence-electron chi connectivity index (χ2n) is 11.0. The van der Waals surface area contributed by atoms with Crippen LogP contribution in [0.15, 0.2) is 59.7 Å². The van der Waals surface area contributed by atoms with Crippen molar-refractivity contribution in [2.45, 2.75) is 69.7 Å². The van der Waals surface area contributed by atoms with Crippen molar-refractivity contribution in [3.8, 4) is 11.8 Å². The molecule has 7 heteroatoms. The molecule has 2 aromatic carbocycles. The lowest BCUT2D eigenvalue weighted by molar-refractivity contribution is -0.0393. The van der Waals surface area contributed by atoms with E-state index in [1.165, 1.54) is 16.1 Å². The molecule has 0 aromatic heterocycles. The number of ether oxygens (including phenoxy) is 1. The maximum atomic E-state index is 10.9. The highest BCUT2D eigenvalue weighted by Crippen LogP contribution is 2.52. The number of fused-ring (bicyclic) bond motifs is 2. The maximum absolute atomic E-state index is 10.9. The zero-order valence-corrected chi connectivity index (χ0v) is 22.3. The minimum Gasteiger partial charge on any atom is -0.497 e. The van der Waals surface area contributed by atoms with Gasteiger partial charge in [0, 0.05) is 13.1 Å². The number of methoxy groups -OCH3 is 1. The highest BCUT2D eigenvalue weighted by Gasteiger charge is 2.55. The number of nitriles is 1. The molecule has 5 rings (SSSR count). The molecule has 2 aromatic rings. The summed E-state index contributed by atoms with van der Waals surface area (Å²) in [5, 5.41) is 26.6. The first-order chi connectivity index (χ1) is 17.9. The van der Waals surface area contributed by atoms with Gasteiger partial charge >= 0.3 is 0 Å². The number of hydrogen-bond acceptors (Lipinski definition) is 7. The molecule has 2 heterocycles. The molecule has 1 aliphatic carbocycles. The van der Waals surface area contributed by atoms with Crippen molar-refractivity contribution < 1.29 is 9.84 Å². The summed E-state index contributed by atoms with van der Waals surface area (Å²) < 4.78 is 5.34. The van der Waals surface area contributed by atoms with Crippen molar-refractivity contribution in [3.05, 3.63) is 65.7 Å². The van der Waals surface area contributed by atoms with E-state index in [1.54, 1.807) is 7.11 Å². The van der Waals surface area contributed by atoms with E-state index in [2.05, 4.69) is 72.2 Å². The van der Waals surface area contributed by atoms with Gasteiger partial charge in [-0.3, -0.25) is 0 Å². The number of guanidine groups is 1. The van der Waals surface area contributed by atoms with Crippen molar-refractivity contribution >= 4 is 5.96 Å². The lowest BCUT2D eigenvalue weighted by Crippen LogP contribution is -2.59. The molecule has 37 heavy (non-hydrogen) atoms. The van der Waals surface area contributed by atoms with Crippen molar-refractivity contribution in [1.29, 1.82) is 5.26 Å². The highest BCUT2D eigenvalue weighted by atomic mass is 16.5. The smallest absolute Gasteiger partial charge is 0.220 e. The van der Waals surface area contributed by atoms with Gasteiger partial charge in [-0.2, -0.15) is 5.26 Å². The Morgan fingerprint density at radius 3 is 2.43 bits per heavy atom. The normalized spacial score (nSPS) is 28.0. The first-order valence-electron chi connectivity index (χ1n) is 13.6. The van der Waals surface area contributed by atoms with Crippen LogP contribution in [0.2, 0.25) is 0 Å². The minimum absolute atomic E-state index is 0.0727. The molecule has 1 saturated carbocycles. The van der Waals surface area contributed by atoms with Gasteiger partial charge in [-0.15, -0.1) is 5.10 Å². The summed E-state index contributed by atoms with van der Waals surface area (Å²) >= 11 is 0. The molecule has 2 fully saturated rings. The van der Waals surface area contributed by atoms with Crippen LogP contribution < -0.4 is 4.74 Å². The van der Waals surface area contributed by atoms with Crippen LogP contribution in [0.5, 0.6) is 5.75 Å². The van der Waals surface area contributed by atoms with Gasteiger partial charge in [-0.05, 0) is 60.3 Å². The van der Waals surface area contributed by atoms with Crippen LogP contribution >= 0.6 is 0 Å². The van der Waals surface area contributed by atoms with E-state index >= 15 is 0 Å². The van der Waals surface area contributed by atoms with E-state index in [4.69, 9.17) is 9.84 Å². The maximum Gasteiger partial charge on any atom is 0.220 e. The molecule has 1 N–H and O–H groups in total. The second kappa shape index (κ2) is 10.3. The molecular weight excluding hydrogens is 462 g/mol. The Bertz CT molecular complexity index is 1130. The summed E-state index contributed by atoms with van der Waals surface area (Å²) in [4.78, 5) is 4.71. The average molecular weight is 502 g/mol. The van der Waals surface area contributed by atoms with Gasteiger partial charge in [0.2, 0.25) is 5.96 Å². The number of aliphatic hydroxyl groups is 1. The van der Waals surface area contributed by atoms with Gasteiger partial charge in [0.25, 0.3) is 0 Å². The van der Waals surface area contributed by atoms with Crippen LogP contribution in [-0.4, -0.2) is 64.4 Å². The lowest BCUT2D eigenvalue weighted by atomic mass is 9.58. The predicted octanol–water partition coefficient (Wildman–Crippen LogP) is 4.54. The molecule has 196 valence electrons. The third-order valence-electron chi connectivity index (χ3n) is 9.23. The number of aliphatic hydroxyl groups excluding tert-OH is 1. The fourth-order valence-corrected chi connectivity index (χ4v) is 6.83. The average Bonchev–Trinajstić information content (AvgIpc) is 3.21. The van der Waals surface area contributed by atoms with Gasteiger partial charge in [-0.25, -0.2) is 5.01 Å². The standard InChI is InChI=1S/C30H39N5O2/c1-4-23(2)30(25-8-6-5-7-9-25)16-14-29(15-17-30)22-33(20-24-10-12-26(37-3)13-11-24)28-32-35(19-18-31)27(36)21-34(28)29/h5-13,23,27,36H,4,14-17,19-22H2,1-3H3/t23?,27?,29-,30-. The number of β-amino-alcohol motifs (C(OH)–C–C–N with tert-alkyl or cyclic N) is 1. The van der Waals surface area contributed by atoms with E-state index < -0.39 is 6.23 Å². The Morgan fingerprint density at radius 2 is 1.81 bits per heavy atom. The number of benzene rings is 2. The first-order valence-corrected chi connectivity index (χ1v) is 13.6. The van der Waals surface area contributed by atoms with Crippen molar-refractivity contribution in [2.24, 2.45) is 11.0 Å². The topological polar surface area (TPSA) is 75.3 Å². The fourth-order valence-electron chi connectivity index (χ4n) is 6.83. The van der Waals surface area contributed by atoms with E-state index in [0.717, 1.165) is 56.9 Å². The van der Waals surface area contributed by atoms with Crippen molar-refractivity contribution in [1.82, 2.24) is 14.8 Å². The molecule has 0 radical (unpaired) electrons. The largest absolute Gasteiger partial charge is 0.497 e. The molecule has 2 aliphatic heterocycles. The van der Waals surface area contributed by atoms with Gasteiger partial charge in [0.15, 0.2) is 6.23 Å². The third-order valence-corrected chi connectivity index (χ3v) is 9.23.